The van der Waals surface area contributed by atoms with Gasteiger partial charge in [0.05, 0.1) is 6.54 Å². The van der Waals surface area contributed by atoms with Crippen molar-refractivity contribution in [2.45, 2.75) is 19.1 Å². The van der Waals surface area contributed by atoms with Gasteiger partial charge in [0, 0.05) is 7.05 Å². The van der Waals surface area contributed by atoms with Gasteiger partial charge in [-0.1, -0.05) is 42.0 Å². The Balaban J connectivity index is 0.00000225. The highest BCUT2D eigenvalue weighted by molar-refractivity contribution is 5.85. The Labute approximate surface area is 154 Å². The van der Waals surface area contributed by atoms with E-state index in [4.69, 9.17) is 15.2 Å². The van der Waals surface area contributed by atoms with Crippen LogP contribution < -0.4 is 15.2 Å². The number of carbonyl (C=O) groups is 1. The van der Waals surface area contributed by atoms with Crippen LogP contribution in [0.2, 0.25) is 0 Å². The van der Waals surface area contributed by atoms with Crippen LogP contribution in [0.1, 0.15) is 17.2 Å². The minimum Gasteiger partial charge on any atom is -0.486 e. The molecule has 2 N–H and O–H groups in total. The molecule has 0 saturated heterocycles. The summed E-state index contributed by atoms with van der Waals surface area (Å²) in [6, 6.07) is 14.5. The zero-order valence-corrected chi connectivity index (χ0v) is 15.2. The molecule has 1 heterocycles. The average Bonchev–Trinajstić information content (AvgIpc) is 2.61. The van der Waals surface area contributed by atoms with Gasteiger partial charge >= 0.3 is 0 Å². The molecule has 5 nitrogen and oxygen atoms in total. The van der Waals surface area contributed by atoms with Crippen molar-refractivity contribution in [3.05, 3.63) is 59.7 Å². The van der Waals surface area contributed by atoms with E-state index in [2.05, 4.69) is 0 Å². The van der Waals surface area contributed by atoms with Crippen molar-refractivity contribution >= 4 is 18.3 Å². The predicted molar refractivity (Wildman–Crippen MR) is 99.3 cm³/mol. The van der Waals surface area contributed by atoms with Crippen LogP contribution in [-0.4, -0.2) is 37.1 Å². The van der Waals surface area contributed by atoms with Crippen molar-refractivity contribution < 1.29 is 14.3 Å². The fourth-order valence-corrected chi connectivity index (χ4v) is 2.70. The standard InChI is InChI=1S/C19H22N2O3.ClH/c1-13-7-9-14(10-8-13)18(20)19(22)21(2)11-15-12-23-16-5-3-4-6-17(16)24-15;/h3-10,15,18H,11-12,20H2,1-2H3;1H. The molecule has 0 fully saturated rings. The Morgan fingerprint density at radius 1 is 1.20 bits per heavy atom. The summed E-state index contributed by atoms with van der Waals surface area (Å²) in [4.78, 5) is 14.2. The number of likely N-dealkylation sites (N-methyl/N-ethyl adjacent to an activating group) is 1. The molecule has 6 heteroatoms. The Hall–Kier alpha value is -2.24. The van der Waals surface area contributed by atoms with E-state index in [0.717, 1.165) is 16.9 Å². The van der Waals surface area contributed by atoms with Crippen LogP contribution >= 0.6 is 12.4 Å². The van der Waals surface area contributed by atoms with Crippen molar-refractivity contribution in [1.82, 2.24) is 4.90 Å². The number of amides is 1. The molecule has 1 amide bonds. The second-order valence-electron chi connectivity index (χ2n) is 6.10. The third kappa shape index (κ3) is 4.44. The molecule has 2 unspecified atom stereocenters. The Morgan fingerprint density at radius 2 is 1.84 bits per heavy atom. The van der Waals surface area contributed by atoms with Gasteiger partial charge in [-0.05, 0) is 24.6 Å². The predicted octanol–water partition coefficient (Wildman–Crippen LogP) is 2.72. The minimum atomic E-state index is -0.674. The van der Waals surface area contributed by atoms with Crippen molar-refractivity contribution in [3.63, 3.8) is 0 Å². The van der Waals surface area contributed by atoms with E-state index in [9.17, 15) is 4.79 Å². The zero-order chi connectivity index (χ0) is 17.1. The first-order chi connectivity index (χ1) is 11.5. The molecule has 0 radical (unpaired) electrons. The van der Waals surface area contributed by atoms with Gasteiger partial charge in [-0.25, -0.2) is 0 Å². The molecule has 0 spiro atoms. The van der Waals surface area contributed by atoms with Gasteiger partial charge in [-0.15, -0.1) is 12.4 Å². The van der Waals surface area contributed by atoms with Crippen LogP contribution in [0.15, 0.2) is 48.5 Å². The quantitative estimate of drug-likeness (QED) is 0.908. The number of nitrogens with zero attached hydrogens (tertiary/aromatic N) is 1. The summed E-state index contributed by atoms with van der Waals surface area (Å²) in [5, 5.41) is 0. The number of ether oxygens (including phenoxy) is 2. The molecule has 0 saturated carbocycles. The van der Waals surface area contributed by atoms with E-state index in [0.29, 0.717) is 18.9 Å². The average molecular weight is 363 g/mol. The van der Waals surface area contributed by atoms with E-state index < -0.39 is 6.04 Å². The number of hydrogen-bond donors (Lipinski definition) is 1. The molecule has 2 atom stereocenters. The molecule has 25 heavy (non-hydrogen) atoms. The third-order valence-electron chi connectivity index (χ3n) is 4.12. The highest BCUT2D eigenvalue weighted by Gasteiger charge is 2.26. The van der Waals surface area contributed by atoms with Crippen LogP contribution in [0.25, 0.3) is 0 Å². The van der Waals surface area contributed by atoms with Gasteiger partial charge in [0.25, 0.3) is 0 Å². The van der Waals surface area contributed by atoms with E-state index in [1.807, 2.05) is 55.5 Å². The molecule has 134 valence electrons. The summed E-state index contributed by atoms with van der Waals surface area (Å²) >= 11 is 0. The maximum absolute atomic E-state index is 12.6. The summed E-state index contributed by atoms with van der Waals surface area (Å²) in [5.41, 5.74) is 8.05. The number of carbonyl (C=O) groups excluding carboxylic acids is 1. The van der Waals surface area contributed by atoms with Crippen LogP contribution in [0.4, 0.5) is 0 Å². The number of hydrogen-bond acceptors (Lipinski definition) is 4. The van der Waals surface area contributed by atoms with E-state index in [1.165, 1.54) is 0 Å². The summed E-state index contributed by atoms with van der Waals surface area (Å²) in [5.74, 6) is 1.30. The molecule has 0 bridgehead atoms. The summed E-state index contributed by atoms with van der Waals surface area (Å²) in [6.45, 7) is 2.84. The number of halogens is 1. The van der Waals surface area contributed by atoms with Crippen molar-refractivity contribution in [1.29, 1.82) is 0 Å². The summed E-state index contributed by atoms with van der Waals surface area (Å²) in [6.07, 6.45) is -0.209. The monoisotopic (exact) mass is 362 g/mol. The van der Waals surface area contributed by atoms with Crippen LogP contribution in [0, 0.1) is 6.92 Å². The summed E-state index contributed by atoms with van der Waals surface area (Å²) < 4.78 is 11.6. The largest absolute Gasteiger partial charge is 0.486 e. The number of fused-ring (bicyclic) bond motifs is 1. The molecule has 0 aromatic heterocycles. The first-order valence-corrected chi connectivity index (χ1v) is 8.00. The molecule has 1 aliphatic rings. The van der Waals surface area contributed by atoms with E-state index >= 15 is 0 Å². The first kappa shape index (κ1) is 19.1. The van der Waals surface area contributed by atoms with Crippen molar-refractivity contribution in [3.8, 4) is 11.5 Å². The lowest BCUT2D eigenvalue weighted by Crippen LogP contribution is -2.44. The van der Waals surface area contributed by atoms with Crippen LogP contribution in [0.3, 0.4) is 0 Å². The second-order valence-corrected chi connectivity index (χ2v) is 6.10. The fourth-order valence-electron chi connectivity index (χ4n) is 2.70. The number of nitrogens with two attached hydrogens (primary N) is 1. The van der Waals surface area contributed by atoms with Crippen LogP contribution in [-0.2, 0) is 4.79 Å². The minimum absolute atomic E-state index is 0. The number of para-hydroxylation sites is 2. The maximum atomic E-state index is 12.6. The van der Waals surface area contributed by atoms with Crippen molar-refractivity contribution in [2.24, 2.45) is 5.73 Å². The van der Waals surface area contributed by atoms with Gasteiger partial charge in [-0.2, -0.15) is 0 Å². The van der Waals surface area contributed by atoms with Crippen molar-refractivity contribution in [2.75, 3.05) is 20.2 Å². The second kappa shape index (κ2) is 8.23. The highest BCUT2D eigenvalue weighted by atomic mass is 35.5. The highest BCUT2D eigenvalue weighted by Crippen LogP contribution is 2.31. The Morgan fingerprint density at radius 3 is 2.52 bits per heavy atom. The molecule has 3 rings (SSSR count). The first-order valence-electron chi connectivity index (χ1n) is 8.00. The zero-order valence-electron chi connectivity index (χ0n) is 14.3. The lowest BCUT2D eigenvalue weighted by molar-refractivity contribution is -0.132. The molecular formula is C19H23ClN2O3. The normalized spacial score (nSPS) is 16.5. The molecular weight excluding hydrogens is 340 g/mol. The molecule has 2 aromatic carbocycles. The molecule has 0 aliphatic carbocycles. The maximum Gasteiger partial charge on any atom is 0.243 e. The van der Waals surface area contributed by atoms with Gasteiger partial charge in [0.15, 0.2) is 17.6 Å². The van der Waals surface area contributed by atoms with Gasteiger partial charge in [0.2, 0.25) is 5.91 Å². The lowest BCUT2D eigenvalue weighted by Gasteiger charge is -2.30. The van der Waals surface area contributed by atoms with E-state index in [1.54, 1.807) is 11.9 Å². The topological polar surface area (TPSA) is 64.8 Å². The Bertz CT molecular complexity index is 721. The van der Waals surface area contributed by atoms with Gasteiger partial charge in [-0.3, -0.25) is 4.79 Å². The molecule has 2 aromatic rings. The van der Waals surface area contributed by atoms with E-state index in [-0.39, 0.29) is 24.4 Å². The molecule has 1 aliphatic heterocycles. The Kier molecular flexibility index (Phi) is 6.28. The van der Waals surface area contributed by atoms with Crippen LogP contribution in [0.5, 0.6) is 11.5 Å². The smallest absolute Gasteiger partial charge is 0.243 e. The van der Waals surface area contributed by atoms with Gasteiger partial charge < -0.3 is 20.1 Å². The number of rotatable bonds is 4. The SMILES string of the molecule is Cc1ccc(C(N)C(=O)N(C)CC2COc3ccccc3O2)cc1.Cl. The third-order valence-corrected chi connectivity index (χ3v) is 4.12. The number of benzene rings is 2. The number of aryl methyl sites for hydroxylation is 1. The lowest BCUT2D eigenvalue weighted by atomic mass is 10.0. The summed E-state index contributed by atoms with van der Waals surface area (Å²) in [7, 11) is 1.74. The van der Waals surface area contributed by atoms with Gasteiger partial charge in [0.1, 0.15) is 12.6 Å². The fraction of sp³-hybridized carbons (Fsp3) is 0.316.